The van der Waals surface area contributed by atoms with Crippen LogP contribution in [0.5, 0.6) is 0 Å². The van der Waals surface area contributed by atoms with Gasteiger partial charge in [0.2, 0.25) is 0 Å². The summed E-state index contributed by atoms with van der Waals surface area (Å²) in [5.74, 6) is 2.89. The number of hydrogen-bond acceptors (Lipinski definition) is 4. The number of hydrogen-bond donors (Lipinski definition) is 1. The van der Waals surface area contributed by atoms with Crippen molar-refractivity contribution in [3.8, 4) is 0 Å². The third kappa shape index (κ3) is 1.21. The Morgan fingerprint density at radius 3 is 3.00 bits per heavy atom. The number of nitrogens with two attached hydrogens (primary N) is 1. The Kier molecular flexibility index (Phi) is 2.02. The summed E-state index contributed by atoms with van der Waals surface area (Å²) in [5, 5.41) is 0. The fourth-order valence-electron chi connectivity index (χ4n) is 1.42. The molecule has 0 radical (unpaired) electrons. The molecule has 0 spiro atoms. The summed E-state index contributed by atoms with van der Waals surface area (Å²) in [6, 6.07) is 0. The van der Waals surface area contributed by atoms with Crippen molar-refractivity contribution in [2.24, 2.45) is 5.73 Å². The SMILES string of the molecule is Cc1nc(CN)c2c(n1)CSC2. The second kappa shape index (κ2) is 3.03. The number of aromatic nitrogens is 2. The summed E-state index contributed by atoms with van der Waals surface area (Å²) < 4.78 is 0. The van der Waals surface area contributed by atoms with Gasteiger partial charge in [0.15, 0.2) is 0 Å². The minimum absolute atomic E-state index is 0.534. The van der Waals surface area contributed by atoms with Crippen molar-refractivity contribution in [2.45, 2.75) is 25.0 Å². The normalized spacial score (nSPS) is 14.8. The largest absolute Gasteiger partial charge is 0.325 e. The van der Waals surface area contributed by atoms with E-state index < -0.39 is 0 Å². The summed E-state index contributed by atoms with van der Waals surface area (Å²) in [4.78, 5) is 8.69. The molecule has 3 nitrogen and oxygen atoms in total. The fourth-order valence-corrected chi connectivity index (χ4v) is 2.49. The first kappa shape index (κ1) is 8.01. The van der Waals surface area contributed by atoms with Gasteiger partial charge < -0.3 is 5.73 Å². The molecular formula is C8H11N3S. The Bertz CT molecular complexity index is 311. The van der Waals surface area contributed by atoms with Gasteiger partial charge in [0.05, 0.1) is 11.4 Å². The molecule has 0 unspecified atom stereocenters. The molecule has 2 heterocycles. The van der Waals surface area contributed by atoms with E-state index in [1.165, 1.54) is 11.3 Å². The molecule has 2 N–H and O–H groups in total. The number of aryl methyl sites for hydroxylation is 1. The Hall–Kier alpha value is -0.610. The molecule has 1 aromatic heterocycles. The van der Waals surface area contributed by atoms with E-state index in [1.807, 2.05) is 18.7 Å². The fraction of sp³-hybridized carbons (Fsp3) is 0.500. The zero-order chi connectivity index (χ0) is 8.55. The molecule has 0 aliphatic carbocycles. The molecule has 0 amide bonds. The molecule has 0 saturated heterocycles. The number of thioether (sulfide) groups is 1. The molecule has 0 bridgehead atoms. The highest BCUT2D eigenvalue weighted by molar-refractivity contribution is 7.98. The van der Waals surface area contributed by atoms with Crippen LogP contribution in [0, 0.1) is 6.92 Å². The van der Waals surface area contributed by atoms with Gasteiger partial charge in [-0.3, -0.25) is 0 Å². The second-order valence-electron chi connectivity index (χ2n) is 2.84. The van der Waals surface area contributed by atoms with Gasteiger partial charge in [0, 0.05) is 23.6 Å². The molecule has 1 aliphatic heterocycles. The monoisotopic (exact) mass is 181 g/mol. The highest BCUT2D eigenvalue weighted by Gasteiger charge is 2.17. The molecule has 1 aliphatic rings. The van der Waals surface area contributed by atoms with Gasteiger partial charge in [-0.25, -0.2) is 9.97 Å². The minimum atomic E-state index is 0.534. The molecule has 12 heavy (non-hydrogen) atoms. The van der Waals surface area contributed by atoms with Crippen LogP contribution in [0.4, 0.5) is 0 Å². The van der Waals surface area contributed by atoms with Crippen LogP contribution in [-0.2, 0) is 18.1 Å². The quantitative estimate of drug-likeness (QED) is 0.702. The van der Waals surface area contributed by atoms with Crippen LogP contribution >= 0.6 is 11.8 Å². The zero-order valence-corrected chi connectivity index (χ0v) is 7.82. The van der Waals surface area contributed by atoms with E-state index >= 15 is 0 Å². The molecule has 64 valence electrons. The van der Waals surface area contributed by atoms with Crippen LogP contribution in [0.1, 0.15) is 22.8 Å². The van der Waals surface area contributed by atoms with Crippen molar-refractivity contribution in [1.82, 2.24) is 9.97 Å². The molecular weight excluding hydrogens is 170 g/mol. The summed E-state index contributed by atoms with van der Waals surface area (Å²) in [5.41, 5.74) is 9.08. The standard InChI is InChI=1S/C8H11N3S/c1-5-10-7(2-9)6-3-12-4-8(6)11-5/h2-4,9H2,1H3. The van der Waals surface area contributed by atoms with E-state index in [4.69, 9.17) is 5.73 Å². The Labute approximate surface area is 75.8 Å². The third-order valence-electron chi connectivity index (χ3n) is 1.97. The maximum Gasteiger partial charge on any atom is 0.125 e. The van der Waals surface area contributed by atoms with E-state index in [9.17, 15) is 0 Å². The average molecular weight is 181 g/mol. The van der Waals surface area contributed by atoms with E-state index in [-0.39, 0.29) is 0 Å². The van der Waals surface area contributed by atoms with Crippen molar-refractivity contribution < 1.29 is 0 Å². The van der Waals surface area contributed by atoms with Crippen LogP contribution in [0.2, 0.25) is 0 Å². The average Bonchev–Trinajstić information content (AvgIpc) is 2.50. The highest BCUT2D eigenvalue weighted by atomic mass is 32.2. The van der Waals surface area contributed by atoms with Crippen LogP contribution in [0.25, 0.3) is 0 Å². The third-order valence-corrected chi connectivity index (χ3v) is 2.94. The van der Waals surface area contributed by atoms with E-state index in [0.29, 0.717) is 6.54 Å². The van der Waals surface area contributed by atoms with E-state index in [1.54, 1.807) is 0 Å². The maximum atomic E-state index is 5.59. The first-order valence-electron chi connectivity index (χ1n) is 3.94. The van der Waals surface area contributed by atoms with Gasteiger partial charge in [-0.15, -0.1) is 0 Å². The minimum Gasteiger partial charge on any atom is -0.325 e. The predicted octanol–water partition coefficient (Wildman–Crippen LogP) is 0.991. The predicted molar refractivity (Wildman–Crippen MR) is 49.7 cm³/mol. The van der Waals surface area contributed by atoms with Gasteiger partial charge in [0.25, 0.3) is 0 Å². The van der Waals surface area contributed by atoms with Crippen LogP contribution in [0.3, 0.4) is 0 Å². The van der Waals surface area contributed by atoms with E-state index in [2.05, 4.69) is 9.97 Å². The summed E-state index contributed by atoms with van der Waals surface area (Å²) in [6.45, 7) is 2.45. The first-order chi connectivity index (χ1) is 5.81. The van der Waals surface area contributed by atoms with Gasteiger partial charge in [-0.1, -0.05) is 0 Å². The molecule has 1 aromatic rings. The van der Waals surface area contributed by atoms with Gasteiger partial charge in [-0.2, -0.15) is 11.8 Å². The lowest BCUT2D eigenvalue weighted by atomic mass is 10.2. The summed E-state index contributed by atoms with van der Waals surface area (Å²) >= 11 is 1.88. The topological polar surface area (TPSA) is 51.8 Å². The van der Waals surface area contributed by atoms with Gasteiger partial charge in [-0.05, 0) is 6.92 Å². The summed E-state index contributed by atoms with van der Waals surface area (Å²) in [7, 11) is 0. The van der Waals surface area contributed by atoms with Gasteiger partial charge in [0.1, 0.15) is 5.82 Å². The molecule has 0 fully saturated rings. The number of fused-ring (bicyclic) bond motifs is 1. The highest BCUT2D eigenvalue weighted by Crippen LogP contribution is 2.29. The first-order valence-corrected chi connectivity index (χ1v) is 5.10. The number of nitrogens with zero attached hydrogens (tertiary/aromatic N) is 2. The van der Waals surface area contributed by atoms with Crippen molar-refractivity contribution in [3.63, 3.8) is 0 Å². The molecule has 0 saturated carbocycles. The Balaban J connectivity index is 2.55. The summed E-state index contributed by atoms with van der Waals surface area (Å²) in [6.07, 6.45) is 0. The zero-order valence-electron chi connectivity index (χ0n) is 7.00. The molecule has 4 heteroatoms. The van der Waals surface area contributed by atoms with Crippen molar-refractivity contribution in [1.29, 1.82) is 0 Å². The molecule has 0 aromatic carbocycles. The lowest BCUT2D eigenvalue weighted by molar-refractivity contribution is 0.885. The van der Waals surface area contributed by atoms with Gasteiger partial charge >= 0.3 is 0 Å². The molecule has 0 atom stereocenters. The second-order valence-corrected chi connectivity index (χ2v) is 3.83. The van der Waals surface area contributed by atoms with Crippen molar-refractivity contribution in [3.05, 3.63) is 22.8 Å². The number of rotatable bonds is 1. The van der Waals surface area contributed by atoms with E-state index in [0.717, 1.165) is 23.0 Å². The molecule has 2 rings (SSSR count). The van der Waals surface area contributed by atoms with Crippen LogP contribution < -0.4 is 5.73 Å². The van der Waals surface area contributed by atoms with Crippen molar-refractivity contribution >= 4 is 11.8 Å². The van der Waals surface area contributed by atoms with Crippen molar-refractivity contribution in [2.75, 3.05) is 0 Å². The lowest BCUT2D eigenvalue weighted by Crippen LogP contribution is -2.07. The maximum absolute atomic E-state index is 5.59. The lowest BCUT2D eigenvalue weighted by Gasteiger charge is -2.04. The Morgan fingerprint density at radius 2 is 2.25 bits per heavy atom. The van der Waals surface area contributed by atoms with Crippen LogP contribution in [0.15, 0.2) is 0 Å². The van der Waals surface area contributed by atoms with Crippen LogP contribution in [-0.4, -0.2) is 9.97 Å². The smallest absolute Gasteiger partial charge is 0.125 e. The Morgan fingerprint density at radius 1 is 1.42 bits per heavy atom.